The van der Waals surface area contributed by atoms with Crippen LogP contribution in [0.25, 0.3) is 0 Å². The number of aromatic nitrogens is 1. The molecule has 0 radical (unpaired) electrons. The van der Waals surface area contributed by atoms with Crippen molar-refractivity contribution in [3.63, 3.8) is 0 Å². The second-order valence-corrected chi connectivity index (χ2v) is 10.1. The van der Waals surface area contributed by atoms with Crippen molar-refractivity contribution >= 4 is 17.7 Å². The number of pyridine rings is 1. The van der Waals surface area contributed by atoms with Gasteiger partial charge >= 0.3 is 0 Å². The third-order valence-corrected chi connectivity index (χ3v) is 7.14. The van der Waals surface area contributed by atoms with Crippen LogP contribution in [-0.4, -0.2) is 63.3 Å². The van der Waals surface area contributed by atoms with Crippen molar-refractivity contribution in [3.05, 3.63) is 64.7 Å². The highest BCUT2D eigenvalue weighted by Crippen LogP contribution is 2.34. The van der Waals surface area contributed by atoms with Crippen LogP contribution < -0.4 is 5.32 Å². The third kappa shape index (κ3) is 7.28. The molecule has 1 unspecified atom stereocenters. The second-order valence-electron chi connectivity index (χ2n) is 10.1. The monoisotopic (exact) mass is 540 g/mol. The lowest BCUT2D eigenvalue weighted by atomic mass is 9.87. The molecule has 0 spiro atoms. The molecule has 3 amide bonds. The van der Waals surface area contributed by atoms with Crippen molar-refractivity contribution in [2.45, 2.75) is 84.4 Å². The van der Waals surface area contributed by atoms with Gasteiger partial charge in [0.25, 0.3) is 5.91 Å². The molecular formula is C30H41FN4O4. The van der Waals surface area contributed by atoms with E-state index in [2.05, 4.69) is 29.0 Å². The minimum absolute atomic E-state index is 0.185. The highest BCUT2D eigenvalue weighted by Gasteiger charge is 2.41. The summed E-state index contributed by atoms with van der Waals surface area (Å²) in [5, 5.41) is 13.6. The number of fused-ring (bicyclic) bond motifs is 1. The molecule has 3 aliphatic rings. The van der Waals surface area contributed by atoms with Crippen LogP contribution in [0.3, 0.4) is 0 Å². The van der Waals surface area contributed by atoms with Gasteiger partial charge in [-0.2, -0.15) is 0 Å². The lowest BCUT2D eigenvalue weighted by Gasteiger charge is -2.38. The zero-order valence-electron chi connectivity index (χ0n) is 23.5. The minimum atomic E-state index is -1.09. The Balaban J connectivity index is 0.000000787. The van der Waals surface area contributed by atoms with E-state index >= 15 is 0 Å². The van der Waals surface area contributed by atoms with Gasteiger partial charge in [0.2, 0.25) is 11.8 Å². The summed E-state index contributed by atoms with van der Waals surface area (Å²) in [4.78, 5) is 44.9. The van der Waals surface area contributed by atoms with Crippen LogP contribution in [0.2, 0.25) is 0 Å². The number of imide groups is 1. The van der Waals surface area contributed by atoms with Gasteiger partial charge in [-0.3, -0.25) is 24.7 Å². The number of piperidine rings is 2. The summed E-state index contributed by atoms with van der Waals surface area (Å²) < 4.78 is 13.4. The van der Waals surface area contributed by atoms with Gasteiger partial charge in [-0.15, -0.1) is 0 Å². The number of nitrogens with zero attached hydrogens (tertiary/aromatic N) is 3. The van der Waals surface area contributed by atoms with Gasteiger partial charge < -0.3 is 14.9 Å². The molecule has 2 N–H and O–H groups in total. The predicted octanol–water partition coefficient (Wildman–Crippen LogP) is 3.95. The van der Waals surface area contributed by atoms with Crippen LogP contribution in [-0.2, 0) is 28.2 Å². The maximum absolute atomic E-state index is 13.4. The summed E-state index contributed by atoms with van der Waals surface area (Å²) in [7, 11) is 0. The van der Waals surface area contributed by atoms with E-state index in [1.54, 1.807) is 24.3 Å². The number of carbonyl (C=O) groups is 3. The molecule has 212 valence electrons. The normalized spacial score (nSPS) is 20.3. The molecule has 0 saturated carbocycles. The van der Waals surface area contributed by atoms with E-state index in [1.165, 1.54) is 17.4 Å². The summed E-state index contributed by atoms with van der Waals surface area (Å²) in [6.07, 6.45) is 3.50. The van der Waals surface area contributed by atoms with E-state index in [4.69, 9.17) is 0 Å². The number of hydrogen-bond acceptors (Lipinski definition) is 6. The maximum Gasteiger partial charge on any atom is 0.256 e. The van der Waals surface area contributed by atoms with Gasteiger partial charge in [-0.1, -0.05) is 46.2 Å². The van der Waals surface area contributed by atoms with E-state index in [1.807, 2.05) is 19.9 Å². The Morgan fingerprint density at radius 3 is 2.44 bits per heavy atom. The lowest BCUT2D eigenvalue weighted by molar-refractivity contribution is -0.136. The number of benzene rings is 1. The number of carbonyl (C=O) groups excluding carboxylic acids is 3. The van der Waals surface area contributed by atoms with Crippen molar-refractivity contribution in [3.8, 4) is 0 Å². The Morgan fingerprint density at radius 2 is 1.79 bits per heavy atom. The van der Waals surface area contributed by atoms with Crippen molar-refractivity contribution in [2.24, 2.45) is 0 Å². The van der Waals surface area contributed by atoms with Crippen molar-refractivity contribution in [1.29, 1.82) is 0 Å². The Kier molecular flexibility index (Phi) is 10.7. The van der Waals surface area contributed by atoms with Crippen molar-refractivity contribution in [1.82, 2.24) is 20.1 Å². The fourth-order valence-electron chi connectivity index (χ4n) is 5.08. The van der Waals surface area contributed by atoms with E-state index in [-0.39, 0.29) is 30.6 Å². The number of rotatable bonds is 5. The first-order chi connectivity index (χ1) is 18.7. The highest BCUT2D eigenvalue weighted by atomic mass is 19.1. The van der Waals surface area contributed by atoms with Crippen LogP contribution in [0, 0.1) is 5.82 Å². The third-order valence-electron chi connectivity index (χ3n) is 7.14. The molecule has 5 rings (SSSR count). The number of halogens is 1. The Bertz CT molecular complexity index is 1160. The summed E-state index contributed by atoms with van der Waals surface area (Å²) in [6.45, 7) is 10.6. The van der Waals surface area contributed by atoms with Crippen LogP contribution in [0.5, 0.6) is 0 Å². The molecule has 2 saturated heterocycles. The summed E-state index contributed by atoms with van der Waals surface area (Å²) >= 11 is 0. The van der Waals surface area contributed by atoms with Crippen LogP contribution in [0.1, 0.15) is 87.1 Å². The van der Waals surface area contributed by atoms with Crippen LogP contribution in [0.15, 0.2) is 36.4 Å². The topological polar surface area (TPSA) is 103 Å². The van der Waals surface area contributed by atoms with Crippen LogP contribution >= 0.6 is 0 Å². The molecule has 1 atom stereocenters. The van der Waals surface area contributed by atoms with Gasteiger partial charge in [-0.25, -0.2) is 4.39 Å². The smallest absolute Gasteiger partial charge is 0.256 e. The fraction of sp³-hybridized carbons (Fsp3) is 0.533. The molecule has 39 heavy (non-hydrogen) atoms. The molecule has 9 heteroatoms. The molecule has 1 aromatic carbocycles. The molecule has 0 bridgehead atoms. The first-order valence-electron chi connectivity index (χ1n) is 14.1. The summed E-state index contributed by atoms with van der Waals surface area (Å²) in [6, 6.07) is 9.31. The van der Waals surface area contributed by atoms with E-state index in [0.717, 1.165) is 18.5 Å². The minimum Gasteiger partial charge on any atom is -0.383 e. The molecule has 2 aromatic rings. The molecule has 0 aliphatic carbocycles. The molecular weight excluding hydrogens is 499 g/mol. The average molecular weight is 541 g/mol. The standard InChI is InChI=1S/C25H27FN4O4.C3H8.C2H6/c26-17-3-1-2-16(14-17)8-11-29-12-9-25(34,10-13-29)21-6-4-18-19(27-21)15-30(24(18)33)20-5-7-22(31)28-23(20)32;1-3-2;1-2/h1-4,6,14,20,34H,5,7-13,15H2,(H,28,31,32);3H2,1-2H3;1-2H3. The van der Waals surface area contributed by atoms with Gasteiger partial charge in [0, 0.05) is 26.1 Å². The van der Waals surface area contributed by atoms with Gasteiger partial charge in [0.15, 0.2) is 0 Å². The fourth-order valence-corrected chi connectivity index (χ4v) is 5.08. The Hall–Kier alpha value is -3.17. The quantitative estimate of drug-likeness (QED) is 0.557. The van der Waals surface area contributed by atoms with Crippen molar-refractivity contribution < 1.29 is 23.9 Å². The maximum atomic E-state index is 13.4. The molecule has 1 aromatic heterocycles. The zero-order chi connectivity index (χ0) is 28.6. The summed E-state index contributed by atoms with van der Waals surface area (Å²) in [5.41, 5.74) is 1.38. The first kappa shape index (κ1) is 30.4. The zero-order valence-corrected chi connectivity index (χ0v) is 23.5. The SMILES string of the molecule is CC.CCC.O=C1CCC(N2Cc3nc(C4(O)CCN(CCc5cccc(F)c5)CC4)ccc3C2=O)C(=O)N1. The van der Waals surface area contributed by atoms with E-state index in [0.29, 0.717) is 49.3 Å². The molecule has 3 aliphatic heterocycles. The number of likely N-dealkylation sites (tertiary alicyclic amines) is 1. The average Bonchev–Trinajstić information content (AvgIpc) is 3.25. The first-order valence-corrected chi connectivity index (χ1v) is 14.1. The number of aliphatic hydroxyl groups is 1. The van der Waals surface area contributed by atoms with E-state index in [9.17, 15) is 23.9 Å². The molecule has 4 heterocycles. The van der Waals surface area contributed by atoms with Gasteiger partial charge in [0.05, 0.1) is 23.5 Å². The summed E-state index contributed by atoms with van der Waals surface area (Å²) in [5.74, 6) is -1.29. The Morgan fingerprint density at radius 1 is 1.10 bits per heavy atom. The molecule has 2 fully saturated rings. The predicted molar refractivity (Wildman–Crippen MR) is 147 cm³/mol. The number of hydrogen-bond donors (Lipinski definition) is 2. The number of nitrogens with one attached hydrogen (secondary N) is 1. The van der Waals surface area contributed by atoms with Crippen molar-refractivity contribution in [2.75, 3.05) is 19.6 Å². The highest BCUT2D eigenvalue weighted by molar-refractivity contribution is 6.05. The van der Waals surface area contributed by atoms with E-state index < -0.39 is 17.6 Å². The largest absolute Gasteiger partial charge is 0.383 e. The van der Waals surface area contributed by atoms with Gasteiger partial charge in [-0.05, 0) is 55.5 Å². The lowest BCUT2D eigenvalue weighted by Crippen LogP contribution is -2.52. The Labute approximate surface area is 230 Å². The van der Waals surface area contributed by atoms with Crippen LogP contribution in [0.4, 0.5) is 4.39 Å². The molecule has 8 nitrogen and oxygen atoms in total. The number of amides is 3. The second kappa shape index (κ2) is 13.8. The van der Waals surface area contributed by atoms with Gasteiger partial charge in [0.1, 0.15) is 17.5 Å².